The maximum absolute atomic E-state index is 12.0. The number of aromatic amines is 1. The van der Waals surface area contributed by atoms with Crippen LogP contribution < -0.4 is 21.9 Å². The zero-order valence-electron chi connectivity index (χ0n) is 10.7. The van der Waals surface area contributed by atoms with E-state index in [-0.39, 0.29) is 12.3 Å². The van der Waals surface area contributed by atoms with Crippen LogP contribution in [0.2, 0.25) is 0 Å². The molecule has 1 aliphatic rings. The number of hydrogen-bond acceptors (Lipinski definition) is 5. The Hall–Kier alpha value is -2.42. The number of hydrazine groups is 1. The molecular weight excluding hydrogens is 264 g/mol. The van der Waals surface area contributed by atoms with Crippen LogP contribution in [0, 0.1) is 0 Å². The summed E-state index contributed by atoms with van der Waals surface area (Å²) in [5, 5.41) is 11.6. The van der Waals surface area contributed by atoms with Gasteiger partial charge < -0.3 is 10.6 Å². The number of amides is 3. The van der Waals surface area contributed by atoms with Crippen LogP contribution in [-0.2, 0) is 20.8 Å². The first-order chi connectivity index (χ1) is 9.60. The molecule has 1 aliphatic heterocycles. The van der Waals surface area contributed by atoms with E-state index in [1.165, 1.54) is 0 Å². The second-order valence-electron chi connectivity index (χ2n) is 4.51. The van der Waals surface area contributed by atoms with E-state index < -0.39 is 23.9 Å². The van der Waals surface area contributed by atoms with E-state index in [9.17, 15) is 14.4 Å². The summed E-state index contributed by atoms with van der Waals surface area (Å²) >= 11 is 0. The lowest BCUT2D eigenvalue weighted by atomic mass is 10.1. The Morgan fingerprint density at radius 3 is 2.90 bits per heavy atom. The maximum Gasteiger partial charge on any atom is 0.256 e. The number of aromatic nitrogens is 2. The molecule has 2 heterocycles. The SMILES string of the molecule is NNC(=O)[C@@H](Cc1ccn[nH]1)NC(=O)[C@H]1CCC(=O)N1. The first kappa shape index (κ1) is 14.0. The van der Waals surface area contributed by atoms with Crippen LogP contribution in [-0.4, -0.2) is 40.0 Å². The number of nitrogens with two attached hydrogens (primary N) is 1. The molecule has 6 N–H and O–H groups in total. The van der Waals surface area contributed by atoms with E-state index in [0.717, 1.165) is 0 Å². The number of carbonyl (C=O) groups is 3. The molecule has 0 aliphatic carbocycles. The third-order valence-corrected chi connectivity index (χ3v) is 3.07. The maximum atomic E-state index is 12.0. The van der Waals surface area contributed by atoms with Gasteiger partial charge in [0.1, 0.15) is 12.1 Å². The Bertz CT molecular complexity index is 500. The topological polar surface area (TPSA) is 142 Å². The fourth-order valence-electron chi connectivity index (χ4n) is 2.01. The Morgan fingerprint density at radius 2 is 2.35 bits per heavy atom. The zero-order chi connectivity index (χ0) is 14.5. The fourth-order valence-corrected chi connectivity index (χ4v) is 2.01. The summed E-state index contributed by atoms with van der Waals surface area (Å²) in [6, 6.07) is 0.267. The van der Waals surface area contributed by atoms with Gasteiger partial charge in [0.2, 0.25) is 11.8 Å². The summed E-state index contributed by atoms with van der Waals surface area (Å²) in [4.78, 5) is 34.7. The zero-order valence-corrected chi connectivity index (χ0v) is 10.7. The number of carbonyl (C=O) groups excluding carboxylic acids is 3. The van der Waals surface area contributed by atoms with Gasteiger partial charge in [-0.05, 0) is 12.5 Å². The molecule has 1 saturated heterocycles. The molecular formula is C11H16N6O3. The van der Waals surface area contributed by atoms with E-state index in [0.29, 0.717) is 18.5 Å². The molecule has 0 aromatic carbocycles. The average Bonchev–Trinajstić information content (AvgIpc) is 3.08. The van der Waals surface area contributed by atoms with Gasteiger partial charge >= 0.3 is 0 Å². The van der Waals surface area contributed by atoms with Crippen LogP contribution in [0.3, 0.4) is 0 Å². The monoisotopic (exact) mass is 280 g/mol. The van der Waals surface area contributed by atoms with Gasteiger partial charge in [-0.1, -0.05) is 0 Å². The van der Waals surface area contributed by atoms with Crippen LogP contribution in [0.5, 0.6) is 0 Å². The molecule has 0 saturated carbocycles. The van der Waals surface area contributed by atoms with Gasteiger partial charge in [-0.15, -0.1) is 0 Å². The van der Waals surface area contributed by atoms with E-state index in [1.54, 1.807) is 12.3 Å². The predicted octanol–water partition coefficient (Wildman–Crippen LogP) is -2.29. The Labute approximate surface area is 114 Å². The molecule has 1 aromatic heterocycles. The van der Waals surface area contributed by atoms with Crippen molar-refractivity contribution in [1.82, 2.24) is 26.3 Å². The summed E-state index contributed by atoms with van der Waals surface area (Å²) in [6.45, 7) is 0. The number of rotatable bonds is 5. The fraction of sp³-hybridized carbons (Fsp3) is 0.455. The van der Waals surface area contributed by atoms with Crippen LogP contribution in [0.4, 0.5) is 0 Å². The molecule has 0 unspecified atom stereocenters. The van der Waals surface area contributed by atoms with Gasteiger partial charge in [0, 0.05) is 24.7 Å². The van der Waals surface area contributed by atoms with Crippen molar-refractivity contribution in [3.05, 3.63) is 18.0 Å². The van der Waals surface area contributed by atoms with Crippen molar-refractivity contribution >= 4 is 17.7 Å². The summed E-state index contributed by atoms with van der Waals surface area (Å²) in [5.41, 5.74) is 2.70. The quantitative estimate of drug-likeness (QED) is 0.234. The normalized spacial score (nSPS) is 19.2. The molecule has 9 nitrogen and oxygen atoms in total. The van der Waals surface area contributed by atoms with Crippen molar-refractivity contribution in [2.24, 2.45) is 5.84 Å². The molecule has 0 radical (unpaired) electrons. The molecule has 2 atom stereocenters. The second-order valence-corrected chi connectivity index (χ2v) is 4.51. The minimum absolute atomic E-state index is 0.168. The summed E-state index contributed by atoms with van der Waals surface area (Å²) in [7, 11) is 0. The van der Waals surface area contributed by atoms with Crippen molar-refractivity contribution in [3.8, 4) is 0 Å². The smallest absolute Gasteiger partial charge is 0.256 e. The average molecular weight is 280 g/mol. The van der Waals surface area contributed by atoms with Crippen LogP contribution in [0.15, 0.2) is 12.3 Å². The first-order valence-electron chi connectivity index (χ1n) is 6.18. The minimum atomic E-state index is -0.828. The third-order valence-electron chi connectivity index (χ3n) is 3.07. The van der Waals surface area contributed by atoms with Gasteiger partial charge in [-0.25, -0.2) is 5.84 Å². The van der Waals surface area contributed by atoms with Gasteiger partial charge in [-0.3, -0.25) is 24.9 Å². The lowest BCUT2D eigenvalue weighted by Gasteiger charge is -2.18. The Morgan fingerprint density at radius 1 is 1.55 bits per heavy atom. The van der Waals surface area contributed by atoms with Crippen molar-refractivity contribution in [2.75, 3.05) is 0 Å². The van der Waals surface area contributed by atoms with Gasteiger partial charge in [0.15, 0.2) is 0 Å². The molecule has 3 amide bonds. The number of hydrogen-bond donors (Lipinski definition) is 5. The third kappa shape index (κ3) is 3.32. The second kappa shape index (κ2) is 6.15. The number of H-pyrrole nitrogens is 1. The largest absolute Gasteiger partial charge is 0.344 e. The Balaban J connectivity index is 1.98. The number of nitrogens with zero attached hydrogens (tertiary/aromatic N) is 1. The molecule has 20 heavy (non-hydrogen) atoms. The molecule has 108 valence electrons. The molecule has 9 heteroatoms. The highest BCUT2D eigenvalue weighted by Gasteiger charge is 2.30. The molecule has 1 fully saturated rings. The van der Waals surface area contributed by atoms with Crippen LogP contribution in [0.1, 0.15) is 18.5 Å². The minimum Gasteiger partial charge on any atom is -0.344 e. The van der Waals surface area contributed by atoms with E-state index in [4.69, 9.17) is 5.84 Å². The van der Waals surface area contributed by atoms with Crippen molar-refractivity contribution in [1.29, 1.82) is 0 Å². The molecule has 1 aromatic rings. The van der Waals surface area contributed by atoms with E-state index in [1.807, 2.05) is 5.43 Å². The summed E-state index contributed by atoms with van der Waals surface area (Å²) < 4.78 is 0. The molecule has 2 rings (SSSR count). The molecule has 0 bridgehead atoms. The highest BCUT2D eigenvalue weighted by molar-refractivity contribution is 5.93. The van der Waals surface area contributed by atoms with Gasteiger partial charge in [-0.2, -0.15) is 5.10 Å². The lowest BCUT2D eigenvalue weighted by Crippen LogP contribution is -2.53. The lowest BCUT2D eigenvalue weighted by molar-refractivity contribution is -0.130. The summed E-state index contributed by atoms with van der Waals surface area (Å²) in [5.74, 6) is 4.02. The summed E-state index contributed by atoms with van der Waals surface area (Å²) in [6.07, 6.45) is 2.51. The van der Waals surface area contributed by atoms with Crippen molar-refractivity contribution in [3.63, 3.8) is 0 Å². The van der Waals surface area contributed by atoms with Crippen molar-refractivity contribution in [2.45, 2.75) is 31.3 Å². The standard InChI is InChI=1S/C11H16N6O3/c12-16-11(20)8(5-6-3-4-13-17-6)15-10(19)7-1-2-9(18)14-7/h3-4,7-8H,1-2,5,12H2,(H,13,17)(H,14,18)(H,15,19)(H,16,20)/t7-,8-/m1/s1. The van der Waals surface area contributed by atoms with Crippen LogP contribution in [0.25, 0.3) is 0 Å². The van der Waals surface area contributed by atoms with Crippen molar-refractivity contribution < 1.29 is 14.4 Å². The predicted molar refractivity (Wildman–Crippen MR) is 67.7 cm³/mol. The van der Waals surface area contributed by atoms with Gasteiger partial charge in [0.05, 0.1) is 0 Å². The first-order valence-corrected chi connectivity index (χ1v) is 6.18. The van der Waals surface area contributed by atoms with E-state index >= 15 is 0 Å². The number of nitrogens with one attached hydrogen (secondary N) is 4. The highest BCUT2D eigenvalue weighted by Crippen LogP contribution is 2.07. The Kier molecular flexibility index (Phi) is 4.31. The van der Waals surface area contributed by atoms with Gasteiger partial charge in [0.25, 0.3) is 5.91 Å². The molecule has 0 spiro atoms. The highest BCUT2D eigenvalue weighted by atomic mass is 16.2. The van der Waals surface area contributed by atoms with E-state index in [2.05, 4.69) is 20.8 Å². The van der Waals surface area contributed by atoms with Crippen LogP contribution >= 0.6 is 0 Å².